The number of hydroxylamine groups is 2. The summed E-state index contributed by atoms with van der Waals surface area (Å²) in [7, 11) is -5.02. The fourth-order valence-corrected chi connectivity index (χ4v) is 2.81. The summed E-state index contributed by atoms with van der Waals surface area (Å²) in [5, 5.41) is 1.22. The summed E-state index contributed by atoms with van der Waals surface area (Å²) in [4.78, 5) is 41.9. The number of carbonyl (C=O) groups excluding carboxylic acids is 3. The molecular formula is C15H23N4NaO11S. The predicted octanol–water partition coefficient (Wildman–Crippen LogP) is -4.11. The molecule has 0 N–H and O–H groups in total. The van der Waals surface area contributed by atoms with Crippen LogP contribution >= 0.6 is 0 Å². The predicted molar refractivity (Wildman–Crippen MR) is 98.0 cm³/mol. The molecule has 176 valence electrons. The van der Waals surface area contributed by atoms with E-state index in [0.29, 0.717) is 33.0 Å². The largest absolute Gasteiger partial charge is 1.00 e. The van der Waals surface area contributed by atoms with Gasteiger partial charge in [-0.2, -0.15) is 0 Å². The van der Waals surface area contributed by atoms with E-state index in [4.69, 9.17) is 24.5 Å². The zero-order valence-electron chi connectivity index (χ0n) is 17.5. The first-order chi connectivity index (χ1) is 14.8. The van der Waals surface area contributed by atoms with Crippen LogP contribution in [0.1, 0.15) is 12.8 Å². The number of rotatable bonds is 17. The third-order valence-corrected chi connectivity index (χ3v) is 4.63. The number of hydrogen-bond donors (Lipinski definition) is 0. The van der Waals surface area contributed by atoms with E-state index >= 15 is 0 Å². The Kier molecular flexibility index (Phi) is 16.5. The van der Waals surface area contributed by atoms with Crippen LogP contribution in [0.3, 0.4) is 0 Å². The molecule has 1 rings (SSSR count). The maximum Gasteiger partial charge on any atom is 1.00 e. The Balaban J connectivity index is 0.00000961. The van der Waals surface area contributed by atoms with Crippen molar-refractivity contribution >= 4 is 27.9 Å². The number of ether oxygens (including phenoxy) is 4. The molecular weight excluding hydrogens is 467 g/mol. The molecule has 0 saturated carbocycles. The minimum atomic E-state index is -5.02. The third-order valence-electron chi connectivity index (χ3n) is 3.57. The standard InChI is InChI=1S/C15H24N4O11S.Na/c16-18-17-2-4-27-6-8-29-10-9-28-7-5-26-3-1-14(21)30-19-13(20)11-12(15(19)22)31(23,24)25;/h12H,1-11H2,(H,23,24,25);/q;+1/p-1. The Bertz CT molecular complexity index is 760. The molecule has 1 unspecified atom stereocenters. The quantitative estimate of drug-likeness (QED) is 0.0364. The molecule has 1 atom stereocenters. The molecule has 0 aromatic heterocycles. The van der Waals surface area contributed by atoms with E-state index in [2.05, 4.69) is 14.9 Å². The van der Waals surface area contributed by atoms with Gasteiger partial charge in [0, 0.05) is 11.5 Å². The number of azide groups is 1. The van der Waals surface area contributed by atoms with Crippen LogP contribution in [0.4, 0.5) is 0 Å². The number of hydrogen-bond acceptors (Lipinski definition) is 12. The molecule has 1 heterocycles. The van der Waals surface area contributed by atoms with Gasteiger partial charge in [0.25, 0.3) is 11.8 Å². The van der Waals surface area contributed by atoms with Crippen molar-refractivity contribution in [3.05, 3.63) is 10.4 Å². The van der Waals surface area contributed by atoms with Crippen molar-refractivity contribution in [2.24, 2.45) is 5.11 Å². The molecule has 1 fully saturated rings. The van der Waals surface area contributed by atoms with E-state index in [1.165, 1.54) is 0 Å². The minimum absolute atomic E-state index is 0. The summed E-state index contributed by atoms with van der Waals surface area (Å²) in [6.45, 7) is 2.26. The molecule has 1 aliphatic rings. The zero-order chi connectivity index (χ0) is 23.1. The van der Waals surface area contributed by atoms with Crippen LogP contribution in [-0.2, 0) is 48.3 Å². The molecule has 0 radical (unpaired) electrons. The molecule has 17 heteroatoms. The minimum Gasteiger partial charge on any atom is -0.747 e. The summed E-state index contributed by atoms with van der Waals surface area (Å²) in [5.41, 5.74) is 8.07. The van der Waals surface area contributed by atoms with Gasteiger partial charge in [-0.3, -0.25) is 9.59 Å². The molecule has 32 heavy (non-hydrogen) atoms. The maximum absolute atomic E-state index is 11.7. The Morgan fingerprint density at radius 2 is 1.53 bits per heavy atom. The molecule has 0 aromatic rings. The monoisotopic (exact) mass is 490 g/mol. The number of carbonyl (C=O) groups is 3. The van der Waals surface area contributed by atoms with Crippen molar-refractivity contribution in [1.29, 1.82) is 0 Å². The van der Waals surface area contributed by atoms with Crippen LogP contribution in [0.2, 0.25) is 0 Å². The Hall–Kier alpha value is -1.33. The fourth-order valence-electron chi connectivity index (χ4n) is 2.12. The third kappa shape index (κ3) is 12.6. The van der Waals surface area contributed by atoms with Gasteiger partial charge in [0.1, 0.15) is 15.4 Å². The molecule has 1 aliphatic heterocycles. The number of amides is 2. The topological polar surface area (TPSA) is 207 Å². The molecule has 15 nitrogen and oxygen atoms in total. The number of nitrogens with zero attached hydrogens (tertiary/aromatic N) is 4. The molecule has 0 spiro atoms. The molecule has 0 aromatic carbocycles. The summed E-state index contributed by atoms with van der Waals surface area (Å²) in [5.74, 6) is -3.47. The van der Waals surface area contributed by atoms with Crippen LogP contribution in [0, 0.1) is 0 Å². The van der Waals surface area contributed by atoms with Gasteiger partial charge in [0.15, 0.2) is 0 Å². The summed E-state index contributed by atoms with van der Waals surface area (Å²) >= 11 is 0. The first kappa shape index (κ1) is 30.7. The maximum atomic E-state index is 11.7. The Morgan fingerprint density at radius 3 is 2.00 bits per heavy atom. The van der Waals surface area contributed by atoms with E-state index < -0.39 is 39.6 Å². The van der Waals surface area contributed by atoms with Crippen molar-refractivity contribution in [3.63, 3.8) is 0 Å². The summed E-state index contributed by atoms with van der Waals surface area (Å²) in [6, 6.07) is 0. The molecule has 2 amide bonds. The second-order valence-corrected chi connectivity index (χ2v) is 7.38. The molecule has 0 aliphatic carbocycles. The van der Waals surface area contributed by atoms with Gasteiger partial charge in [0.2, 0.25) is 0 Å². The second-order valence-electron chi connectivity index (χ2n) is 5.83. The van der Waals surface area contributed by atoms with Gasteiger partial charge < -0.3 is 28.3 Å². The van der Waals surface area contributed by atoms with E-state index in [1.807, 2.05) is 0 Å². The average molecular weight is 490 g/mol. The van der Waals surface area contributed by atoms with Gasteiger partial charge in [0.05, 0.1) is 65.7 Å². The fraction of sp³-hybridized carbons (Fsp3) is 0.800. The SMILES string of the molecule is [N-]=[N+]=NCCOCCOCCOCCOCCC(=O)ON1C(=O)CC(S(=O)(=O)[O-])C1=O.[Na+]. The van der Waals surface area contributed by atoms with Crippen molar-refractivity contribution in [3.8, 4) is 0 Å². The Morgan fingerprint density at radius 1 is 1.03 bits per heavy atom. The van der Waals surface area contributed by atoms with Gasteiger partial charge in [-0.15, -0.1) is 5.06 Å². The average Bonchev–Trinajstić information content (AvgIpc) is 2.99. The van der Waals surface area contributed by atoms with Crippen molar-refractivity contribution in [1.82, 2.24) is 5.06 Å². The van der Waals surface area contributed by atoms with E-state index in [1.54, 1.807) is 0 Å². The van der Waals surface area contributed by atoms with Crippen LogP contribution in [0.25, 0.3) is 10.4 Å². The van der Waals surface area contributed by atoms with Gasteiger partial charge in [-0.05, 0) is 5.53 Å². The smallest absolute Gasteiger partial charge is 0.747 e. The van der Waals surface area contributed by atoms with Crippen molar-refractivity contribution < 1.29 is 80.7 Å². The first-order valence-electron chi connectivity index (χ1n) is 9.11. The summed E-state index contributed by atoms with van der Waals surface area (Å²) in [6.07, 6.45) is -1.17. The second kappa shape index (κ2) is 17.2. The molecule has 1 saturated heterocycles. The van der Waals surface area contributed by atoms with Crippen LogP contribution in [0.15, 0.2) is 5.11 Å². The summed E-state index contributed by atoms with van der Waals surface area (Å²) < 4.78 is 53.4. The number of imide groups is 1. The van der Waals surface area contributed by atoms with E-state index in [0.717, 1.165) is 0 Å². The van der Waals surface area contributed by atoms with E-state index in [9.17, 15) is 27.4 Å². The van der Waals surface area contributed by atoms with Gasteiger partial charge >= 0.3 is 35.5 Å². The van der Waals surface area contributed by atoms with Crippen molar-refractivity contribution in [2.75, 3.05) is 59.4 Å². The van der Waals surface area contributed by atoms with E-state index in [-0.39, 0.29) is 67.4 Å². The van der Waals surface area contributed by atoms with Crippen LogP contribution < -0.4 is 29.6 Å². The van der Waals surface area contributed by atoms with Crippen LogP contribution in [-0.4, -0.2) is 100 Å². The Labute approximate surface area is 206 Å². The van der Waals surface area contributed by atoms with Gasteiger partial charge in [-0.1, -0.05) is 5.11 Å². The van der Waals surface area contributed by atoms with Crippen molar-refractivity contribution in [2.45, 2.75) is 18.1 Å². The molecule has 0 bridgehead atoms. The van der Waals surface area contributed by atoms with Crippen LogP contribution in [0.5, 0.6) is 0 Å². The normalized spacial score (nSPS) is 15.9. The van der Waals surface area contributed by atoms with Gasteiger partial charge in [-0.25, -0.2) is 13.2 Å². The zero-order valence-corrected chi connectivity index (χ0v) is 20.4. The first-order valence-corrected chi connectivity index (χ1v) is 10.6.